The first kappa shape index (κ1) is 17.4. The third-order valence-electron chi connectivity index (χ3n) is 3.44. The van der Waals surface area contributed by atoms with Crippen LogP contribution in [0.5, 0.6) is 5.75 Å². The fourth-order valence-corrected chi connectivity index (χ4v) is 2.75. The van der Waals surface area contributed by atoms with E-state index in [1.807, 2.05) is 43.5 Å². The highest BCUT2D eigenvalue weighted by Gasteiger charge is 2.18. The molecule has 0 saturated carbocycles. The van der Waals surface area contributed by atoms with Crippen LogP contribution < -0.4 is 10.1 Å². The number of rotatable bonds is 7. The molecule has 1 heterocycles. The molecule has 2 rings (SSSR count). The summed E-state index contributed by atoms with van der Waals surface area (Å²) >= 11 is 1.57. The van der Waals surface area contributed by atoms with Gasteiger partial charge in [-0.3, -0.25) is 4.79 Å². The van der Waals surface area contributed by atoms with E-state index in [0.717, 1.165) is 22.0 Å². The van der Waals surface area contributed by atoms with Gasteiger partial charge in [0, 0.05) is 5.38 Å². The Balaban J connectivity index is 1.84. The second-order valence-corrected chi connectivity index (χ2v) is 6.39. The van der Waals surface area contributed by atoms with Crippen LogP contribution in [-0.4, -0.2) is 24.1 Å². The van der Waals surface area contributed by atoms with E-state index < -0.39 is 6.10 Å². The Bertz CT molecular complexity index is 657. The maximum Gasteiger partial charge on any atom is 0.249 e. The molecule has 124 valence electrons. The smallest absolute Gasteiger partial charge is 0.249 e. The average Bonchev–Trinajstić information content (AvgIpc) is 2.99. The number of aromatic nitrogens is 1. The number of nitrogens with one attached hydrogen (secondary N) is 1. The minimum absolute atomic E-state index is 0.129. The van der Waals surface area contributed by atoms with Crippen LogP contribution in [-0.2, 0) is 16.1 Å². The summed E-state index contributed by atoms with van der Waals surface area (Å²) in [4.78, 5) is 16.6. The number of nitrogens with zero attached hydrogens (tertiary/aromatic N) is 1. The fraction of sp³-hybridized carbons (Fsp3) is 0.412. The first-order valence-corrected chi connectivity index (χ1v) is 8.34. The van der Waals surface area contributed by atoms with Crippen molar-refractivity contribution in [2.45, 2.75) is 39.5 Å². The minimum atomic E-state index is -0.539. The second-order valence-electron chi connectivity index (χ2n) is 5.33. The lowest BCUT2D eigenvalue weighted by Gasteiger charge is -2.17. The van der Waals surface area contributed by atoms with Crippen LogP contribution in [0.1, 0.15) is 36.2 Å². The predicted molar refractivity (Wildman–Crippen MR) is 90.7 cm³/mol. The van der Waals surface area contributed by atoms with Gasteiger partial charge in [-0.1, -0.05) is 12.1 Å². The molecule has 6 heteroatoms. The molecule has 0 aliphatic rings. The number of thiazole rings is 1. The number of amides is 1. The van der Waals surface area contributed by atoms with Crippen LogP contribution in [0.25, 0.3) is 0 Å². The molecule has 1 amide bonds. The van der Waals surface area contributed by atoms with Crippen molar-refractivity contribution in [3.05, 3.63) is 45.9 Å². The summed E-state index contributed by atoms with van der Waals surface area (Å²) in [7, 11) is 1.62. The molecule has 2 unspecified atom stereocenters. The summed E-state index contributed by atoms with van der Waals surface area (Å²) in [5.41, 5.74) is 1.84. The highest BCUT2D eigenvalue weighted by molar-refractivity contribution is 7.09. The standard InChI is InChI=1S/C17H22N2O3S/c1-11(16-10-23-13(3)19-16)18-17(20)12(2)22-9-14-6-5-7-15(8-14)21-4/h5-8,10-12H,9H2,1-4H3,(H,18,20). The topological polar surface area (TPSA) is 60.5 Å². The number of aryl methyl sites for hydroxylation is 1. The molecule has 1 aromatic heterocycles. The largest absolute Gasteiger partial charge is 0.497 e. The van der Waals surface area contributed by atoms with Crippen molar-refractivity contribution in [2.75, 3.05) is 7.11 Å². The monoisotopic (exact) mass is 334 g/mol. The van der Waals surface area contributed by atoms with Crippen LogP contribution in [0.4, 0.5) is 0 Å². The van der Waals surface area contributed by atoms with Gasteiger partial charge >= 0.3 is 0 Å². The lowest BCUT2D eigenvalue weighted by Crippen LogP contribution is -2.36. The molecule has 0 radical (unpaired) electrons. The number of ether oxygens (including phenoxy) is 2. The van der Waals surface area contributed by atoms with Gasteiger partial charge in [0.15, 0.2) is 0 Å². The number of carbonyl (C=O) groups is 1. The first-order chi connectivity index (χ1) is 11.0. The zero-order valence-electron chi connectivity index (χ0n) is 13.8. The Hall–Kier alpha value is -1.92. The first-order valence-electron chi connectivity index (χ1n) is 7.46. The molecule has 1 aromatic carbocycles. The second kappa shape index (κ2) is 8.08. The lowest BCUT2D eigenvalue weighted by atomic mass is 10.2. The minimum Gasteiger partial charge on any atom is -0.497 e. The Kier molecular flexibility index (Phi) is 6.12. The van der Waals surface area contributed by atoms with Gasteiger partial charge in [-0.05, 0) is 38.5 Å². The van der Waals surface area contributed by atoms with E-state index in [-0.39, 0.29) is 11.9 Å². The molecule has 5 nitrogen and oxygen atoms in total. The molecule has 1 N–H and O–H groups in total. The third-order valence-corrected chi connectivity index (χ3v) is 4.23. The van der Waals surface area contributed by atoms with Gasteiger partial charge in [-0.2, -0.15) is 0 Å². The van der Waals surface area contributed by atoms with Gasteiger partial charge in [-0.15, -0.1) is 11.3 Å². The predicted octanol–water partition coefficient (Wildman–Crippen LogP) is 3.24. The Morgan fingerprint density at radius 1 is 1.39 bits per heavy atom. The Morgan fingerprint density at radius 2 is 2.17 bits per heavy atom. The molecule has 0 saturated heterocycles. The zero-order valence-corrected chi connectivity index (χ0v) is 14.6. The van der Waals surface area contributed by atoms with Crippen molar-refractivity contribution in [2.24, 2.45) is 0 Å². The van der Waals surface area contributed by atoms with E-state index in [1.165, 1.54) is 0 Å². The van der Waals surface area contributed by atoms with E-state index in [0.29, 0.717) is 6.61 Å². The summed E-state index contributed by atoms with van der Waals surface area (Å²) in [6, 6.07) is 7.47. The molecule has 0 fully saturated rings. The molecule has 23 heavy (non-hydrogen) atoms. The van der Waals surface area contributed by atoms with Gasteiger partial charge in [0.2, 0.25) is 5.91 Å². The SMILES string of the molecule is COc1cccc(COC(C)C(=O)NC(C)c2csc(C)n2)c1. The normalized spacial score (nSPS) is 13.4. The van der Waals surface area contributed by atoms with Gasteiger partial charge in [0.05, 0.1) is 30.5 Å². The fourth-order valence-electron chi connectivity index (χ4n) is 2.04. The summed E-state index contributed by atoms with van der Waals surface area (Å²) in [6.07, 6.45) is -0.539. The summed E-state index contributed by atoms with van der Waals surface area (Å²) in [5.74, 6) is 0.627. The van der Waals surface area contributed by atoms with Crippen molar-refractivity contribution in [1.82, 2.24) is 10.3 Å². The molecule has 2 atom stereocenters. The van der Waals surface area contributed by atoms with Crippen molar-refractivity contribution >= 4 is 17.2 Å². The summed E-state index contributed by atoms with van der Waals surface area (Å²) in [6.45, 7) is 5.97. The van der Waals surface area contributed by atoms with Gasteiger partial charge < -0.3 is 14.8 Å². The van der Waals surface area contributed by atoms with Crippen molar-refractivity contribution in [3.8, 4) is 5.75 Å². The highest BCUT2D eigenvalue weighted by atomic mass is 32.1. The number of methoxy groups -OCH3 is 1. The Morgan fingerprint density at radius 3 is 2.83 bits per heavy atom. The molecule has 0 bridgehead atoms. The van der Waals surface area contributed by atoms with E-state index in [2.05, 4.69) is 10.3 Å². The third kappa shape index (κ3) is 5.04. The van der Waals surface area contributed by atoms with Crippen LogP contribution in [0, 0.1) is 6.92 Å². The highest BCUT2D eigenvalue weighted by Crippen LogP contribution is 2.17. The van der Waals surface area contributed by atoms with Gasteiger partial charge in [0.25, 0.3) is 0 Å². The lowest BCUT2D eigenvalue weighted by molar-refractivity contribution is -0.133. The van der Waals surface area contributed by atoms with Crippen molar-refractivity contribution < 1.29 is 14.3 Å². The van der Waals surface area contributed by atoms with Crippen molar-refractivity contribution in [1.29, 1.82) is 0 Å². The van der Waals surface area contributed by atoms with E-state index in [4.69, 9.17) is 9.47 Å². The van der Waals surface area contributed by atoms with E-state index >= 15 is 0 Å². The van der Waals surface area contributed by atoms with Crippen LogP contribution in [0.3, 0.4) is 0 Å². The molecule has 0 spiro atoms. The van der Waals surface area contributed by atoms with Gasteiger partial charge in [-0.25, -0.2) is 4.98 Å². The quantitative estimate of drug-likeness (QED) is 0.844. The summed E-state index contributed by atoms with van der Waals surface area (Å²) in [5, 5.41) is 5.87. The molecule has 2 aromatic rings. The summed E-state index contributed by atoms with van der Waals surface area (Å²) < 4.78 is 10.8. The molecular weight excluding hydrogens is 312 g/mol. The number of hydrogen-bond donors (Lipinski definition) is 1. The Labute approximate surface area is 140 Å². The zero-order chi connectivity index (χ0) is 16.8. The maximum absolute atomic E-state index is 12.2. The van der Waals surface area contributed by atoms with Crippen molar-refractivity contribution in [3.63, 3.8) is 0 Å². The molecule has 0 aliphatic carbocycles. The maximum atomic E-state index is 12.2. The van der Waals surface area contributed by atoms with Crippen LogP contribution in [0.15, 0.2) is 29.6 Å². The number of hydrogen-bond acceptors (Lipinski definition) is 5. The molecule has 0 aliphatic heterocycles. The van der Waals surface area contributed by atoms with Gasteiger partial charge in [0.1, 0.15) is 11.9 Å². The van der Waals surface area contributed by atoms with Crippen LogP contribution in [0.2, 0.25) is 0 Å². The van der Waals surface area contributed by atoms with E-state index in [1.54, 1.807) is 25.4 Å². The number of carbonyl (C=O) groups excluding carboxylic acids is 1. The molecular formula is C17H22N2O3S. The average molecular weight is 334 g/mol. The van der Waals surface area contributed by atoms with Crippen LogP contribution >= 0.6 is 11.3 Å². The van der Waals surface area contributed by atoms with E-state index in [9.17, 15) is 4.79 Å². The number of benzene rings is 1.